The minimum Gasteiger partial charge on any atom is -0.481 e. The van der Waals surface area contributed by atoms with Crippen LogP contribution in [0.25, 0.3) is 0 Å². The fourth-order valence-electron chi connectivity index (χ4n) is 1.25. The zero-order chi connectivity index (χ0) is 13.2. The van der Waals surface area contributed by atoms with E-state index in [4.69, 9.17) is 5.11 Å². The summed E-state index contributed by atoms with van der Waals surface area (Å²) >= 11 is 0. The summed E-state index contributed by atoms with van der Waals surface area (Å²) in [7, 11) is 0.983. The number of ether oxygens (including phenoxy) is 1. The SMILES string of the molecule is COc1nc(C(F)F)cc(C(F)(F)F)c1CO. The zero-order valence-electron chi connectivity index (χ0n) is 8.55. The summed E-state index contributed by atoms with van der Waals surface area (Å²) in [6.07, 6.45) is -8.02. The molecule has 1 aromatic heterocycles. The van der Waals surface area contributed by atoms with Gasteiger partial charge >= 0.3 is 6.18 Å². The van der Waals surface area contributed by atoms with Crippen molar-refractivity contribution in [2.45, 2.75) is 19.2 Å². The van der Waals surface area contributed by atoms with Crippen LogP contribution in [0.5, 0.6) is 5.88 Å². The third kappa shape index (κ3) is 2.82. The molecule has 0 bridgehead atoms. The van der Waals surface area contributed by atoms with E-state index >= 15 is 0 Å². The highest BCUT2D eigenvalue weighted by atomic mass is 19.4. The summed E-state index contributed by atoms with van der Waals surface area (Å²) in [6.45, 7) is -1.01. The first-order valence-electron chi connectivity index (χ1n) is 4.35. The lowest BCUT2D eigenvalue weighted by molar-refractivity contribution is -0.139. The fraction of sp³-hybridized carbons (Fsp3) is 0.444. The van der Waals surface area contributed by atoms with Gasteiger partial charge in [0.1, 0.15) is 5.69 Å². The Hall–Kier alpha value is -1.44. The maximum atomic E-state index is 12.6. The summed E-state index contributed by atoms with van der Waals surface area (Å²) in [4.78, 5) is 3.20. The molecule has 0 aliphatic rings. The lowest BCUT2D eigenvalue weighted by atomic mass is 10.1. The molecule has 8 heteroatoms. The molecule has 1 heterocycles. The molecule has 0 unspecified atom stereocenters. The summed E-state index contributed by atoms with van der Waals surface area (Å²) in [5.41, 5.74) is -3.09. The zero-order valence-corrected chi connectivity index (χ0v) is 8.55. The van der Waals surface area contributed by atoms with Crippen LogP contribution in [0.4, 0.5) is 22.0 Å². The number of aliphatic hydroxyl groups is 1. The smallest absolute Gasteiger partial charge is 0.417 e. The minimum atomic E-state index is -4.86. The molecule has 0 spiro atoms. The number of hydrogen-bond donors (Lipinski definition) is 1. The molecule has 0 aliphatic carbocycles. The van der Waals surface area contributed by atoms with Gasteiger partial charge in [-0.1, -0.05) is 0 Å². The molecule has 0 amide bonds. The average Bonchev–Trinajstić information content (AvgIpc) is 2.25. The van der Waals surface area contributed by atoms with Gasteiger partial charge in [-0.05, 0) is 6.07 Å². The van der Waals surface area contributed by atoms with Crippen molar-refractivity contribution >= 4 is 0 Å². The van der Waals surface area contributed by atoms with E-state index in [0.29, 0.717) is 0 Å². The molecule has 96 valence electrons. The number of aliphatic hydroxyl groups excluding tert-OH is 1. The van der Waals surface area contributed by atoms with Crippen molar-refractivity contribution in [1.29, 1.82) is 0 Å². The van der Waals surface area contributed by atoms with Gasteiger partial charge in [0.25, 0.3) is 6.43 Å². The fourth-order valence-corrected chi connectivity index (χ4v) is 1.25. The molecule has 0 aromatic carbocycles. The molecule has 0 atom stereocenters. The van der Waals surface area contributed by atoms with Gasteiger partial charge in [-0.15, -0.1) is 0 Å². The van der Waals surface area contributed by atoms with Crippen molar-refractivity contribution in [3.8, 4) is 5.88 Å². The lowest BCUT2D eigenvalue weighted by Gasteiger charge is -2.15. The molecule has 0 fully saturated rings. The van der Waals surface area contributed by atoms with E-state index in [2.05, 4.69) is 9.72 Å². The van der Waals surface area contributed by atoms with Crippen LogP contribution in [0.2, 0.25) is 0 Å². The van der Waals surface area contributed by atoms with Crippen LogP contribution in [0.1, 0.15) is 23.2 Å². The second kappa shape index (κ2) is 4.82. The number of rotatable bonds is 3. The number of alkyl halides is 5. The molecule has 0 aliphatic heterocycles. The molecule has 0 saturated carbocycles. The molecule has 3 nitrogen and oxygen atoms in total. The average molecular weight is 257 g/mol. The number of methoxy groups -OCH3 is 1. The van der Waals surface area contributed by atoms with Crippen LogP contribution in [-0.2, 0) is 12.8 Å². The molecule has 0 radical (unpaired) electrons. The first-order chi connectivity index (χ1) is 7.81. The second-order valence-electron chi connectivity index (χ2n) is 3.04. The second-order valence-corrected chi connectivity index (χ2v) is 3.04. The van der Waals surface area contributed by atoms with Gasteiger partial charge in [-0.25, -0.2) is 13.8 Å². The summed E-state index contributed by atoms with van der Waals surface area (Å²) < 4.78 is 66.8. The highest BCUT2D eigenvalue weighted by molar-refractivity contribution is 5.38. The third-order valence-corrected chi connectivity index (χ3v) is 1.99. The van der Waals surface area contributed by atoms with Gasteiger partial charge in [0.2, 0.25) is 5.88 Å². The Bertz CT molecular complexity index is 405. The van der Waals surface area contributed by atoms with E-state index in [1.54, 1.807) is 0 Å². The van der Waals surface area contributed by atoms with Crippen LogP contribution in [0, 0.1) is 0 Å². The highest BCUT2D eigenvalue weighted by Crippen LogP contribution is 2.37. The van der Waals surface area contributed by atoms with Gasteiger partial charge in [0.15, 0.2) is 0 Å². The largest absolute Gasteiger partial charge is 0.481 e. The molecule has 1 N–H and O–H groups in total. The Morgan fingerprint density at radius 1 is 1.41 bits per heavy atom. The number of hydrogen-bond acceptors (Lipinski definition) is 3. The highest BCUT2D eigenvalue weighted by Gasteiger charge is 2.36. The van der Waals surface area contributed by atoms with E-state index < -0.39 is 41.9 Å². The molecular weight excluding hydrogens is 249 g/mol. The van der Waals surface area contributed by atoms with Gasteiger partial charge in [0, 0.05) is 0 Å². The van der Waals surface area contributed by atoms with Crippen molar-refractivity contribution in [1.82, 2.24) is 4.98 Å². The Labute approximate surface area is 92.8 Å². The number of halogens is 5. The van der Waals surface area contributed by atoms with E-state index in [0.717, 1.165) is 7.11 Å². The van der Waals surface area contributed by atoms with Crippen LogP contribution >= 0.6 is 0 Å². The first-order valence-corrected chi connectivity index (χ1v) is 4.35. The van der Waals surface area contributed by atoms with Crippen molar-refractivity contribution < 1.29 is 31.8 Å². The van der Waals surface area contributed by atoms with Crippen molar-refractivity contribution in [3.05, 3.63) is 22.9 Å². The topological polar surface area (TPSA) is 42.4 Å². The maximum Gasteiger partial charge on any atom is 0.417 e. The first kappa shape index (κ1) is 13.6. The van der Waals surface area contributed by atoms with Crippen LogP contribution in [-0.4, -0.2) is 17.2 Å². The van der Waals surface area contributed by atoms with E-state index in [1.807, 2.05) is 0 Å². The van der Waals surface area contributed by atoms with Crippen molar-refractivity contribution in [3.63, 3.8) is 0 Å². The summed E-state index contributed by atoms with van der Waals surface area (Å²) in [6, 6.07) is 0.207. The number of pyridine rings is 1. The maximum absolute atomic E-state index is 12.6. The van der Waals surface area contributed by atoms with Gasteiger partial charge in [0.05, 0.1) is 24.8 Å². The van der Waals surface area contributed by atoms with Crippen LogP contribution < -0.4 is 4.74 Å². The minimum absolute atomic E-state index is 0.207. The van der Waals surface area contributed by atoms with Crippen LogP contribution in [0.15, 0.2) is 6.07 Å². The Kier molecular flexibility index (Phi) is 3.87. The Balaban J connectivity index is 3.48. The van der Waals surface area contributed by atoms with Crippen LogP contribution in [0.3, 0.4) is 0 Å². The van der Waals surface area contributed by atoms with Crippen molar-refractivity contribution in [2.75, 3.05) is 7.11 Å². The van der Waals surface area contributed by atoms with E-state index in [9.17, 15) is 22.0 Å². The molecular formula is C9H8F5NO2. The predicted octanol–water partition coefficient (Wildman–Crippen LogP) is 2.54. The Morgan fingerprint density at radius 3 is 2.35 bits per heavy atom. The summed E-state index contributed by atoms with van der Waals surface area (Å²) in [5, 5.41) is 8.82. The molecule has 0 saturated heterocycles. The van der Waals surface area contributed by atoms with Gasteiger partial charge < -0.3 is 9.84 Å². The number of aromatic nitrogens is 1. The lowest BCUT2D eigenvalue weighted by Crippen LogP contribution is -2.13. The van der Waals surface area contributed by atoms with Gasteiger partial charge in [-0.3, -0.25) is 0 Å². The third-order valence-electron chi connectivity index (χ3n) is 1.99. The summed E-state index contributed by atoms with van der Waals surface area (Å²) in [5.74, 6) is -0.655. The normalized spacial score (nSPS) is 12.0. The predicted molar refractivity (Wildman–Crippen MR) is 46.7 cm³/mol. The van der Waals surface area contributed by atoms with E-state index in [1.165, 1.54) is 0 Å². The standard InChI is InChI=1S/C9H8F5NO2/c1-17-8-4(3-16)5(9(12,13)14)2-6(15-8)7(10)11/h2,7,16H,3H2,1H3. The molecule has 1 rings (SSSR count). The molecule has 1 aromatic rings. The van der Waals surface area contributed by atoms with E-state index in [-0.39, 0.29) is 6.07 Å². The van der Waals surface area contributed by atoms with Gasteiger partial charge in [-0.2, -0.15) is 13.2 Å². The molecule has 17 heavy (non-hydrogen) atoms. The number of nitrogens with zero attached hydrogens (tertiary/aromatic N) is 1. The quantitative estimate of drug-likeness (QED) is 0.846. The van der Waals surface area contributed by atoms with Crippen molar-refractivity contribution in [2.24, 2.45) is 0 Å². The Morgan fingerprint density at radius 2 is 2.00 bits per heavy atom. The monoisotopic (exact) mass is 257 g/mol.